The van der Waals surface area contributed by atoms with Gasteiger partial charge in [-0.15, -0.1) is 0 Å². The van der Waals surface area contributed by atoms with Crippen LogP contribution in [0.15, 0.2) is 0 Å². The van der Waals surface area contributed by atoms with Crippen molar-refractivity contribution in [3.63, 3.8) is 0 Å². The molecule has 2 atom stereocenters. The molecule has 0 rings (SSSR count). The molecular weight excluding hydrogens is 719 g/mol. The minimum Gasteiger partial charge on any atom is -0.466 e. The van der Waals surface area contributed by atoms with Crippen molar-refractivity contribution in [2.24, 2.45) is 0 Å². The molecule has 0 aromatic carbocycles. The Labute approximate surface area is 362 Å². The predicted octanol–water partition coefficient (Wildman–Crippen LogP) is 15.6. The summed E-state index contributed by atoms with van der Waals surface area (Å²) in [6.07, 6.45) is 53.6. The van der Waals surface area contributed by atoms with Crippen LogP contribution in [0.25, 0.3) is 0 Å². The minimum atomic E-state index is -0.666. The molecule has 0 aliphatic heterocycles. The summed E-state index contributed by atoms with van der Waals surface area (Å²) in [4.78, 5) is 24.4. The van der Waals surface area contributed by atoms with Gasteiger partial charge in [0, 0.05) is 12.8 Å². The number of hydrogen-bond acceptors (Lipinski definition) is 5. The quantitative estimate of drug-likeness (QED) is 0.0420. The lowest BCUT2D eigenvalue weighted by atomic mass is 10.0. The number of esters is 1. The summed E-state index contributed by atoms with van der Waals surface area (Å²) in [6, 6.07) is -0.544. The molecule has 6 heteroatoms. The third-order valence-corrected chi connectivity index (χ3v) is 12.4. The van der Waals surface area contributed by atoms with Gasteiger partial charge in [0.15, 0.2) is 0 Å². The Morgan fingerprint density at radius 2 is 0.707 bits per heavy atom. The van der Waals surface area contributed by atoms with Crippen LogP contribution in [0.2, 0.25) is 0 Å². The molecule has 0 heterocycles. The van der Waals surface area contributed by atoms with Crippen LogP contribution in [-0.2, 0) is 14.3 Å². The van der Waals surface area contributed by atoms with Crippen molar-refractivity contribution in [2.75, 3.05) is 13.2 Å². The van der Waals surface area contributed by atoms with E-state index in [9.17, 15) is 19.8 Å². The van der Waals surface area contributed by atoms with Gasteiger partial charge in [0.2, 0.25) is 5.91 Å². The molecule has 0 radical (unpaired) electrons. The van der Waals surface area contributed by atoms with Crippen molar-refractivity contribution in [2.45, 2.75) is 309 Å². The second kappa shape index (κ2) is 48.5. The van der Waals surface area contributed by atoms with Gasteiger partial charge in [-0.1, -0.05) is 258 Å². The number of ether oxygens (including phenoxy) is 1. The number of carbonyl (C=O) groups excluding carboxylic acids is 2. The summed E-state index contributed by atoms with van der Waals surface area (Å²) >= 11 is 0. The molecule has 0 aromatic heterocycles. The van der Waals surface area contributed by atoms with Gasteiger partial charge in [-0.2, -0.15) is 0 Å². The maximum atomic E-state index is 12.4. The van der Waals surface area contributed by atoms with Crippen LogP contribution in [0.3, 0.4) is 0 Å². The highest BCUT2D eigenvalue weighted by molar-refractivity contribution is 5.76. The lowest BCUT2D eigenvalue weighted by Crippen LogP contribution is -2.45. The molecule has 0 aliphatic carbocycles. The molecule has 0 aliphatic rings. The predicted molar refractivity (Wildman–Crippen MR) is 250 cm³/mol. The first kappa shape index (κ1) is 56.9. The molecule has 0 saturated heterocycles. The smallest absolute Gasteiger partial charge is 0.305 e. The van der Waals surface area contributed by atoms with E-state index < -0.39 is 12.1 Å². The van der Waals surface area contributed by atoms with Gasteiger partial charge in [-0.3, -0.25) is 9.59 Å². The Bertz CT molecular complexity index is 822. The van der Waals surface area contributed by atoms with Crippen molar-refractivity contribution in [3.8, 4) is 0 Å². The molecule has 2 unspecified atom stereocenters. The van der Waals surface area contributed by atoms with Crippen molar-refractivity contribution >= 4 is 11.9 Å². The molecule has 0 saturated carbocycles. The van der Waals surface area contributed by atoms with Crippen LogP contribution >= 0.6 is 0 Å². The lowest BCUT2D eigenvalue weighted by molar-refractivity contribution is -0.143. The van der Waals surface area contributed by atoms with E-state index >= 15 is 0 Å². The molecule has 6 nitrogen and oxygen atoms in total. The third kappa shape index (κ3) is 44.4. The Kier molecular flexibility index (Phi) is 47.6. The number of hydrogen-bond donors (Lipinski definition) is 3. The number of nitrogens with one attached hydrogen (secondary N) is 1. The van der Waals surface area contributed by atoms with Gasteiger partial charge in [-0.05, 0) is 25.7 Å². The normalized spacial score (nSPS) is 12.6. The van der Waals surface area contributed by atoms with Gasteiger partial charge in [0.25, 0.3) is 0 Å². The van der Waals surface area contributed by atoms with E-state index in [1.165, 1.54) is 218 Å². The SMILES string of the molecule is CCCCCCCCCCCCCCCC(=O)OCCCCCCCCCCCCCCCCCCC(=O)NC(CO)C(O)CCCCCCCCCCCCCC. The van der Waals surface area contributed by atoms with Gasteiger partial charge in [0.1, 0.15) is 0 Å². The minimum absolute atomic E-state index is 0.00515. The maximum absolute atomic E-state index is 12.4. The van der Waals surface area contributed by atoms with Crippen LogP contribution in [0, 0.1) is 0 Å². The summed E-state index contributed by atoms with van der Waals surface area (Å²) in [5.74, 6) is -0.0358. The Morgan fingerprint density at radius 1 is 0.414 bits per heavy atom. The number of rotatable bonds is 49. The zero-order valence-corrected chi connectivity index (χ0v) is 39.3. The van der Waals surface area contributed by atoms with Crippen LogP contribution in [-0.4, -0.2) is 47.4 Å². The van der Waals surface area contributed by atoms with Gasteiger partial charge in [-0.25, -0.2) is 0 Å². The molecule has 0 fully saturated rings. The molecule has 0 aromatic rings. The molecule has 1 amide bonds. The fourth-order valence-corrected chi connectivity index (χ4v) is 8.35. The monoisotopic (exact) mass is 822 g/mol. The van der Waals surface area contributed by atoms with E-state index in [-0.39, 0.29) is 18.5 Å². The van der Waals surface area contributed by atoms with E-state index in [0.717, 1.165) is 44.9 Å². The lowest BCUT2D eigenvalue weighted by Gasteiger charge is -2.22. The molecule has 0 spiro atoms. The fourth-order valence-electron chi connectivity index (χ4n) is 8.35. The Hall–Kier alpha value is -1.14. The van der Waals surface area contributed by atoms with Gasteiger partial charge in [0.05, 0.1) is 25.4 Å². The molecule has 58 heavy (non-hydrogen) atoms. The van der Waals surface area contributed by atoms with Crippen molar-refractivity contribution in [1.29, 1.82) is 0 Å². The summed E-state index contributed by atoms with van der Waals surface area (Å²) in [5.41, 5.74) is 0. The van der Waals surface area contributed by atoms with Crippen molar-refractivity contribution in [1.82, 2.24) is 5.32 Å². The van der Waals surface area contributed by atoms with E-state index in [4.69, 9.17) is 4.74 Å². The number of carbonyl (C=O) groups is 2. The van der Waals surface area contributed by atoms with Crippen molar-refractivity contribution < 1.29 is 24.5 Å². The highest BCUT2D eigenvalue weighted by atomic mass is 16.5. The van der Waals surface area contributed by atoms with Crippen LogP contribution < -0.4 is 5.32 Å². The number of amides is 1. The zero-order chi connectivity index (χ0) is 42.3. The van der Waals surface area contributed by atoms with E-state index in [2.05, 4.69) is 19.2 Å². The first-order chi connectivity index (χ1) is 28.5. The highest BCUT2D eigenvalue weighted by Crippen LogP contribution is 2.17. The second-order valence-corrected chi connectivity index (χ2v) is 18.2. The topological polar surface area (TPSA) is 95.9 Å². The maximum Gasteiger partial charge on any atom is 0.305 e. The molecule has 346 valence electrons. The van der Waals surface area contributed by atoms with Gasteiger partial charge < -0.3 is 20.3 Å². The highest BCUT2D eigenvalue weighted by Gasteiger charge is 2.20. The first-order valence-electron chi connectivity index (χ1n) is 26.3. The van der Waals surface area contributed by atoms with Crippen LogP contribution in [0.5, 0.6) is 0 Å². The number of unbranched alkanes of at least 4 members (excludes halogenated alkanes) is 38. The summed E-state index contributed by atoms with van der Waals surface area (Å²) in [6.45, 7) is 4.94. The van der Waals surface area contributed by atoms with E-state index in [1.54, 1.807) is 0 Å². The first-order valence-corrected chi connectivity index (χ1v) is 26.3. The summed E-state index contributed by atoms with van der Waals surface area (Å²) < 4.78 is 5.46. The molecular formula is C52H103NO5. The van der Waals surface area contributed by atoms with E-state index in [0.29, 0.717) is 25.9 Å². The zero-order valence-electron chi connectivity index (χ0n) is 39.3. The van der Waals surface area contributed by atoms with Crippen molar-refractivity contribution in [3.05, 3.63) is 0 Å². The fraction of sp³-hybridized carbons (Fsp3) is 0.962. The average Bonchev–Trinajstić information content (AvgIpc) is 3.22. The Balaban J connectivity index is 3.40. The second-order valence-electron chi connectivity index (χ2n) is 18.2. The largest absolute Gasteiger partial charge is 0.466 e. The summed E-state index contributed by atoms with van der Waals surface area (Å²) in [5, 5.41) is 23.2. The standard InChI is InChI=1S/C52H103NO5/c1-3-5-7-9-11-13-15-21-26-30-34-38-42-46-52(57)58-47-43-39-35-31-27-23-20-18-17-19-22-25-29-33-37-41-45-51(56)53-49(48-54)50(55)44-40-36-32-28-24-16-14-12-10-8-6-4-2/h49-50,54-55H,3-48H2,1-2H3,(H,53,56). The van der Waals surface area contributed by atoms with Gasteiger partial charge >= 0.3 is 5.97 Å². The van der Waals surface area contributed by atoms with Crippen LogP contribution in [0.1, 0.15) is 296 Å². The Morgan fingerprint density at radius 3 is 1.05 bits per heavy atom. The van der Waals surface area contributed by atoms with E-state index in [1.807, 2.05) is 0 Å². The molecule has 0 bridgehead atoms. The third-order valence-electron chi connectivity index (χ3n) is 12.4. The summed E-state index contributed by atoms with van der Waals surface area (Å²) in [7, 11) is 0. The van der Waals surface area contributed by atoms with Crippen LogP contribution in [0.4, 0.5) is 0 Å². The molecule has 3 N–H and O–H groups in total. The number of aliphatic hydroxyl groups is 2. The number of aliphatic hydroxyl groups excluding tert-OH is 2. The average molecular weight is 822 g/mol.